The van der Waals surface area contributed by atoms with Crippen molar-refractivity contribution in [2.75, 3.05) is 45.9 Å². The maximum absolute atomic E-state index is 12.6. The predicted molar refractivity (Wildman–Crippen MR) is 164 cm³/mol. The molecule has 2 aromatic carbocycles. The molecule has 0 radical (unpaired) electrons. The molecule has 2 atom stereocenters. The van der Waals surface area contributed by atoms with Gasteiger partial charge in [-0.25, -0.2) is 0 Å². The number of aryl methyl sites for hydroxylation is 2. The summed E-state index contributed by atoms with van der Waals surface area (Å²) in [7, 11) is 0. The van der Waals surface area contributed by atoms with Gasteiger partial charge in [-0.1, -0.05) is 18.2 Å². The van der Waals surface area contributed by atoms with Crippen molar-refractivity contribution in [1.82, 2.24) is 25.8 Å². The van der Waals surface area contributed by atoms with E-state index in [-0.39, 0.29) is 22.6 Å². The molecular weight excluding hydrogens is 570 g/mol. The van der Waals surface area contributed by atoms with Gasteiger partial charge in [-0.05, 0) is 69.2 Å². The molecule has 0 fully saturated rings. The van der Waals surface area contributed by atoms with Crippen molar-refractivity contribution in [3.8, 4) is 11.5 Å². The number of carbonyl (C=O) groups excluding carboxylic acids is 2. The molecule has 2 amide bonds. The minimum atomic E-state index is -1.44. The summed E-state index contributed by atoms with van der Waals surface area (Å²) in [5.74, 6) is -1.76. The number of phenols is 2. The van der Waals surface area contributed by atoms with Crippen molar-refractivity contribution in [2.24, 2.45) is 0 Å². The largest absolute Gasteiger partial charge is 0.507 e. The highest BCUT2D eigenvalue weighted by molar-refractivity contribution is 5.98. The molecular formula is C31H45N5O8. The van der Waals surface area contributed by atoms with Gasteiger partial charge in [0.05, 0.1) is 24.3 Å². The number of carbonyl (C=O) groups is 2. The van der Waals surface area contributed by atoms with E-state index in [0.717, 1.165) is 37.1 Å². The zero-order valence-corrected chi connectivity index (χ0v) is 25.3. The minimum Gasteiger partial charge on any atom is -0.507 e. The molecule has 0 aromatic heterocycles. The molecule has 13 nitrogen and oxygen atoms in total. The number of nitrogens with zero attached hydrogens (tertiary/aromatic N) is 2. The highest BCUT2D eigenvalue weighted by Gasteiger charge is 2.21. The fourth-order valence-corrected chi connectivity index (χ4v) is 5.05. The van der Waals surface area contributed by atoms with E-state index < -0.39 is 37.5 Å². The number of benzene rings is 2. The third-order valence-electron chi connectivity index (χ3n) is 7.17. The van der Waals surface area contributed by atoms with Crippen molar-refractivity contribution < 1.29 is 40.2 Å². The number of amides is 2. The van der Waals surface area contributed by atoms with E-state index in [9.17, 15) is 30.0 Å². The summed E-state index contributed by atoms with van der Waals surface area (Å²) >= 11 is 0. The van der Waals surface area contributed by atoms with Gasteiger partial charge in [0.2, 0.25) is 0 Å². The SMILES string of the molecule is Cc1cc(CN2/C=C\CN(Cc3cc(C)cc(C(=O)NC(O)CO)c3O)CCCNCCC2)c(O)c(C(=O)NC(O)CO)c1. The first-order valence-electron chi connectivity index (χ1n) is 14.7. The van der Waals surface area contributed by atoms with Gasteiger partial charge in [-0.15, -0.1) is 0 Å². The summed E-state index contributed by atoms with van der Waals surface area (Å²) in [6.07, 6.45) is 2.77. The van der Waals surface area contributed by atoms with E-state index in [2.05, 4.69) is 20.9 Å². The minimum absolute atomic E-state index is 0.00978. The third-order valence-corrected chi connectivity index (χ3v) is 7.17. The predicted octanol–water partition coefficient (Wildman–Crippen LogP) is -0.00306. The lowest BCUT2D eigenvalue weighted by Gasteiger charge is -2.26. The van der Waals surface area contributed by atoms with E-state index in [1.54, 1.807) is 13.0 Å². The van der Waals surface area contributed by atoms with E-state index in [0.29, 0.717) is 43.9 Å². The Hall–Kier alpha value is -3.72. The summed E-state index contributed by atoms with van der Waals surface area (Å²) in [6, 6.07) is 6.67. The number of phenolic OH excluding ortho intramolecular Hbond substituents is 2. The second-order valence-electron chi connectivity index (χ2n) is 11.0. The monoisotopic (exact) mass is 615 g/mol. The molecule has 1 aliphatic rings. The lowest BCUT2D eigenvalue weighted by atomic mass is 10.0. The van der Waals surface area contributed by atoms with Crippen LogP contribution >= 0.6 is 0 Å². The van der Waals surface area contributed by atoms with Crippen molar-refractivity contribution in [3.05, 3.63) is 69.9 Å². The smallest absolute Gasteiger partial charge is 0.257 e. The van der Waals surface area contributed by atoms with Crippen molar-refractivity contribution in [3.63, 3.8) is 0 Å². The first-order valence-corrected chi connectivity index (χ1v) is 14.7. The van der Waals surface area contributed by atoms with Crippen LogP contribution in [0.15, 0.2) is 36.5 Å². The van der Waals surface area contributed by atoms with Gasteiger partial charge in [-0.2, -0.15) is 0 Å². The Bertz CT molecular complexity index is 1300. The molecule has 0 bridgehead atoms. The molecule has 1 heterocycles. The maximum atomic E-state index is 12.6. The lowest BCUT2D eigenvalue weighted by molar-refractivity contribution is 0.0540. The van der Waals surface area contributed by atoms with Gasteiger partial charge < -0.3 is 51.5 Å². The Morgan fingerprint density at radius 3 is 1.84 bits per heavy atom. The van der Waals surface area contributed by atoms with Crippen molar-refractivity contribution in [1.29, 1.82) is 0 Å². The second kappa shape index (κ2) is 16.9. The Labute approximate surface area is 257 Å². The summed E-state index contributed by atoms with van der Waals surface area (Å²) in [6.45, 7) is 6.50. The molecule has 1 aliphatic heterocycles. The van der Waals surface area contributed by atoms with Crippen LogP contribution in [0.4, 0.5) is 0 Å². The first kappa shape index (κ1) is 34.8. The Morgan fingerprint density at radius 1 is 0.818 bits per heavy atom. The van der Waals surface area contributed by atoms with Crippen LogP contribution in [0.3, 0.4) is 0 Å². The van der Waals surface area contributed by atoms with E-state index in [1.807, 2.05) is 30.2 Å². The zero-order valence-electron chi connectivity index (χ0n) is 25.3. The van der Waals surface area contributed by atoms with Gasteiger partial charge in [0, 0.05) is 43.9 Å². The number of hydrogen-bond acceptors (Lipinski definition) is 11. The Kier molecular flexibility index (Phi) is 13.4. The number of rotatable bonds is 10. The standard InChI is InChI=1S/C31H45N5O8/c1-20-12-22(28(41)24(14-20)30(43)33-26(39)18-37)16-35-8-3-6-32-7-4-9-36(11-5-10-35)17-23-13-21(2)15-25(29(23)42)31(44)34-27(40)19-38/h5,10,12-15,26-27,32,37-42H,3-4,6-9,11,16-19H2,1-2H3,(H,33,43)(H,34,44)/b10-5-. The number of aliphatic hydroxyl groups excluding tert-OH is 4. The molecule has 0 saturated heterocycles. The highest BCUT2D eigenvalue weighted by atomic mass is 16.3. The number of aliphatic hydroxyl groups is 4. The normalized spacial score (nSPS) is 17.2. The van der Waals surface area contributed by atoms with Gasteiger partial charge in [0.25, 0.3) is 11.8 Å². The van der Waals surface area contributed by atoms with Crippen LogP contribution < -0.4 is 16.0 Å². The number of aromatic hydroxyl groups is 2. The van der Waals surface area contributed by atoms with Crippen LogP contribution in [0.5, 0.6) is 11.5 Å². The molecule has 44 heavy (non-hydrogen) atoms. The third kappa shape index (κ3) is 10.2. The van der Waals surface area contributed by atoms with Gasteiger partial charge in [0.15, 0.2) is 0 Å². The molecule has 2 aromatic rings. The summed E-state index contributed by atoms with van der Waals surface area (Å²) < 4.78 is 0. The van der Waals surface area contributed by atoms with Gasteiger partial charge >= 0.3 is 0 Å². The molecule has 13 heteroatoms. The summed E-state index contributed by atoms with van der Waals surface area (Å²) in [5.41, 5.74) is 2.64. The van der Waals surface area contributed by atoms with E-state index in [4.69, 9.17) is 10.2 Å². The number of hydrogen-bond donors (Lipinski definition) is 9. The fraction of sp³-hybridized carbons (Fsp3) is 0.484. The van der Waals surface area contributed by atoms with Crippen molar-refractivity contribution in [2.45, 2.75) is 52.2 Å². The molecule has 2 unspecified atom stereocenters. The van der Waals surface area contributed by atoms with Gasteiger partial charge in [-0.3, -0.25) is 14.5 Å². The second-order valence-corrected chi connectivity index (χ2v) is 11.0. The topological polar surface area (TPSA) is 198 Å². The maximum Gasteiger partial charge on any atom is 0.257 e. The average Bonchev–Trinajstić information content (AvgIpc) is 2.98. The van der Waals surface area contributed by atoms with Crippen LogP contribution in [0.1, 0.15) is 55.8 Å². The van der Waals surface area contributed by atoms with E-state index in [1.165, 1.54) is 12.1 Å². The molecule has 242 valence electrons. The van der Waals surface area contributed by atoms with E-state index >= 15 is 0 Å². The fourth-order valence-electron chi connectivity index (χ4n) is 5.05. The van der Waals surface area contributed by atoms with Crippen LogP contribution in [-0.2, 0) is 13.1 Å². The zero-order chi connectivity index (χ0) is 32.2. The molecule has 0 aliphatic carbocycles. The lowest BCUT2D eigenvalue weighted by Crippen LogP contribution is -2.37. The molecule has 0 saturated carbocycles. The molecule has 9 N–H and O–H groups in total. The molecule has 0 spiro atoms. The summed E-state index contributed by atoms with van der Waals surface area (Å²) in [4.78, 5) is 29.4. The summed E-state index contributed by atoms with van der Waals surface area (Å²) in [5, 5.41) is 67.2. The quantitative estimate of drug-likeness (QED) is 0.163. The van der Waals surface area contributed by atoms with Crippen LogP contribution in [-0.4, -0.2) is 111 Å². The van der Waals surface area contributed by atoms with Crippen molar-refractivity contribution >= 4 is 11.8 Å². The Morgan fingerprint density at radius 2 is 1.32 bits per heavy atom. The highest BCUT2D eigenvalue weighted by Crippen LogP contribution is 2.28. The average molecular weight is 616 g/mol. The molecule has 3 rings (SSSR count). The van der Waals surface area contributed by atoms with Crippen LogP contribution in [0.25, 0.3) is 0 Å². The Balaban J connectivity index is 1.80. The van der Waals surface area contributed by atoms with Crippen LogP contribution in [0.2, 0.25) is 0 Å². The number of nitrogens with one attached hydrogen (secondary N) is 3. The first-order chi connectivity index (χ1) is 21.0. The van der Waals surface area contributed by atoms with Gasteiger partial charge in [0.1, 0.15) is 24.0 Å². The van der Waals surface area contributed by atoms with Crippen LogP contribution in [0, 0.1) is 13.8 Å².